The summed E-state index contributed by atoms with van der Waals surface area (Å²) in [7, 11) is 8.58. The van der Waals surface area contributed by atoms with E-state index in [1.165, 1.54) is 36.7 Å². The summed E-state index contributed by atoms with van der Waals surface area (Å²) in [5, 5.41) is 0.536. The maximum absolute atomic E-state index is 13.6. The third-order valence-electron chi connectivity index (χ3n) is 4.93. The lowest BCUT2D eigenvalue weighted by Crippen LogP contribution is -2.32. The van der Waals surface area contributed by atoms with E-state index in [9.17, 15) is 9.18 Å². The molecule has 0 bridgehead atoms. The second kappa shape index (κ2) is 12.5. The minimum absolute atomic E-state index is 0. The summed E-state index contributed by atoms with van der Waals surface area (Å²) in [6.07, 6.45) is 3.95. The number of anilines is 1. The number of rotatable bonds is 10. The van der Waals surface area contributed by atoms with Gasteiger partial charge in [0.2, 0.25) is 5.75 Å². The number of aromatic nitrogens is 1. The minimum Gasteiger partial charge on any atom is -0.493 e. The summed E-state index contributed by atoms with van der Waals surface area (Å²) < 4.78 is 30.5. The lowest BCUT2D eigenvalue weighted by Gasteiger charge is -2.19. The Kier molecular flexibility index (Phi) is 10.1. The highest BCUT2D eigenvalue weighted by Crippen LogP contribution is 2.38. The van der Waals surface area contributed by atoms with Crippen LogP contribution >= 0.6 is 23.7 Å². The fraction of sp³-hybridized carbons (Fsp3) is 0.333. The molecule has 0 fully saturated rings. The standard InChI is InChI=1S/C24H28FN3O4S.ClH/c1-27(2)11-6-12-28(24-26-18-9-8-17(25)15-21(18)33-24)22(29)10-7-16-13-19(30-3)23(32-5)20(14-16)31-4;/h7-10,13-15H,6,11-12H2,1-5H3;1H. The van der Waals surface area contributed by atoms with Crippen molar-refractivity contribution in [1.29, 1.82) is 0 Å². The number of thiazole rings is 1. The SMILES string of the molecule is COc1cc(C=CC(=O)N(CCCN(C)C)c2nc3ccc(F)cc3s2)cc(OC)c1OC.Cl. The van der Waals surface area contributed by atoms with Crippen molar-refractivity contribution in [2.45, 2.75) is 6.42 Å². The van der Waals surface area contributed by atoms with E-state index in [-0.39, 0.29) is 24.1 Å². The Hall–Kier alpha value is -2.88. The van der Waals surface area contributed by atoms with Crippen LogP contribution in [0, 0.1) is 5.82 Å². The molecule has 0 aliphatic carbocycles. The van der Waals surface area contributed by atoms with Gasteiger partial charge in [-0.1, -0.05) is 11.3 Å². The number of ether oxygens (including phenoxy) is 3. The quantitative estimate of drug-likeness (QED) is 0.363. The van der Waals surface area contributed by atoms with E-state index < -0.39 is 0 Å². The summed E-state index contributed by atoms with van der Waals surface area (Å²) >= 11 is 1.30. The molecule has 0 unspecified atom stereocenters. The average Bonchev–Trinajstić information content (AvgIpc) is 3.21. The van der Waals surface area contributed by atoms with Gasteiger partial charge in [-0.3, -0.25) is 9.69 Å². The van der Waals surface area contributed by atoms with Gasteiger partial charge in [0, 0.05) is 12.6 Å². The van der Waals surface area contributed by atoms with Crippen LogP contribution in [0.2, 0.25) is 0 Å². The molecule has 0 radical (unpaired) electrons. The van der Waals surface area contributed by atoms with Gasteiger partial charge < -0.3 is 19.1 Å². The highest BCUT2D eigenvalue weighted by Gasteiger charge is 2.19. The zero-order chi connectivity index (χ0) is 24.0. The molecule has 0 saturated heterocycles. The van der Waals surface area contributed by atoms with Crippen LogP contribution in [0.15, 0.2) is 36.4 Å². The zero-order valence-electron chi connectivity index (χ0n) is 19.8. The molecule has 0 N–H and O–H groups in total. The molecule has 0 spiro atoms. The van der Waals surface area contributed by atoms with Gasteiger partial charge in [-0.15, -0.1) is 12.4 Å². The van der Waals surface area contributed by atoms with Gasteiger partial charge in [-0.25, -0.2) is 9.37 Å². The van der Waals surface area contributed by atoms with E-state index in [0.717, 1.165) is 18.5 Å². The summed E-state index contributed by atoms with van der Waals surface area (Å²) in [5.41, 5.74) is 1.38. The summed E-state index contributed by atoms with van der Waals surface area (Å²) in [4.78, 5) is 21.4. The molecule has 1 heterocycles. The van der Waals surface area contributed by atoms with Crippen molar-refractivity contribution >= 4 is 51.1 Å². The molecule has 3 aromatic rings. The number of hydrogen-bond donors (Lipinski definition) is 0. The Bertz CT molecular complexity index is 1130. The third-order valence-corrected chi connectivity index (χ3v) is 5.97. The Morgan fingerprint density at radius 2 is 1.74 bits per heavy atom. The molecule has 0 aliphatic rings. The van der Waals surface area contributed by atoms with Gasteiger partial charge >= 0.3 is 0 Å². The number of amides is 1. The molecule has 0 saturated carbocycles. The summed E-state index contributed by atoms with van der Waals surface area (Å²) in [6, 6.07) is 7.96. The van der Waals surface area contributed by atoms with Gasteiger partial charge in [-0.2, -0.15) is 0 Å². The van der Waals surface area contributed by atoms with E-state index in [2.05, 4.69) is 9.88 Å². The largest absolute Gasteiger partial charge is 0.493 e. The molecular weight excluding hydrogens is 481 g/mol. The van der Waals surface area contributed by atoms with Crippen molar-refractivity contribution in [1.82, 2.24) is 9.88 Å². The van der Waals surface area contributed by atoms with E-state index >= 15 is 0 Å². The minimum atomic E-state index is -0.328. The van der Waals surface area contributed by atoms with E-state index in [4.69, 9.17) is 14.2 Å². The molecular formula is C24H29ClFN3O4S. The maximum atomic E-state index is 13.6. The fourth-order valence-electron chi connectivity index (χ4n) is 3.30. The molecule has 0 aliphatic heterocycles. The summed E-state index contributed by atoms with van der Waals surface area (Å²) in [6.45, 7) is 1.30. The predicted octanol–water partition coefficient (Wildman–Crippen LogP) is 4.88. The number of halogens is 2. The topological polar surface area (TPSA) is 64.1 Å². The first-order chi connectivity index (χ1) is 15.9. The van der Waals surface area contributed by atoms with Crippen LogP contribution < -0.4 is 19.1 Å². The first-order valence-electron chi connectivity index (χ1n) is 10.4. The maximum Gasteiger partial charge on any atom is 0.252 e. The van der Waals surface area contributed by atoms with Crippen molar-refractivity contribution in [2.24, 2.45) is 0 Å². The molecule has 1 aromatic heterocycles. The smallest absolute Gasteiger partial charge is 0.252 e. The molecule has 10 heteroatoms. The molecule has 3 rings (SSSR count). The molecule has 0 atom stereocenters. The number of benzene rings is 2. The van der Waals surface area contributed by atoms with Gasteiger partial charge in [0.25, 0.3) is 5.91 Å². The molecule has 184 valence electrons. The number of methoxy groups -OCH3 is 3. The number of fused-ring (bicyclic) bond motifs is 1. The average molecular weight is 510 g/mol. The number of nitrogens with zero attached hydrogens (tertiary/aromatic N) is 3. The Labute approximate surface area is 209 Å². The molecule has 2 aromatic carbocycles. The number of hydrogen-bond acceptors (Lipinski definition) is 7. The van der Waals surface area contributed by atoms with Crippen LogP contribution in [0.1, 0.15) is 12.0 Å². The first-order valence-corrected chi connectivity index (χ1v) is 11.2. The second-order valence-corrected chi connectivity index (χ2v) is 8.56. The van der Waals surface area contributed by atoms with Crippen LogP contribution in [-0.2, 0) is 4.79 Å². The van der Waals surface area contributed by atoms with Crippen molar-refractivity contribution in [3.63, 3.8) is 0 Å². The van der Waals surface area contributed by atoms with E-state index in [1.54, 1.807) is 43.4 Å². The van der Waals surface area contributed by atoms with Gasteiger partial charge in [-0.05, 0) is 69.0 Å². The van der Waals surface area contributed by atoms with Crippen molar-refractivity contribution in [3.8, 4) is 17.2 Å². The van der Waals surface area contributed by atoms with Crippen LogP contribution in [-0.4, -0.2) is 64.3 Å². The van der Waals surface area contributed by atoms with E-state index in [0.29, 0.717) is 39.1 Å². The van der Waals surface area contributed by atoms with Crippen LogP contribution in [0.5, 0.6) is 17.2 Å². The highest BCUT2D eigenvalue weighted by atomic mass is 35.5. The van der Waals surface area contributed by atoms with Crippen molar-refractivity contribution in [3.05, 3.63) is 47.8 Å². The monoisotopic (exact) mass is 509 g/mol. The van der Waals surface area contributed by atoms with Gasteiger partial charge in [0.1, 0.15) is 5.82 Å². The first kappa shape index (κ1) is 27.4. The van der Waals surface area contributed by atoms with Crippen molar-refractivity contribution < 1.29 is 23.4 Å². The lowest BCUT2D eigenvalue weighted by atomic mass is 10.1. The highest BCUT2D eigenvalue weighted by molar-refractivity contribution is 7.22. The number of carbonyl (C=O) groups is 1. The Morgan fingerprint density at radius 1 is 1.06 bits per heavy atom. The van der Waals surface area contributed by atoms with Crippen LogP contribution in [0.25, 0.3) is 16.3 Å². The fourth-order valence-corrected chi connectivity index (χ4v) is 4.32. The van der Waals surface area contributed by atoms with Gasteiger partial charge in [0.05, 0.1) is 31.5 Å². The third kappa shape index (κ3) is 6.59. The lowest BCUT2D eigenvalue weighted by molar-refractivity contribution is -0.114. The molecule has 34 heavy (non-hydrogen) atoms. The van der Waals surface area contributed by atoms with Gasteiger partial charge in [0.15, 0.2) is 16.6 Å². The summed E-state index contributed by atoms with van der Waals surface area (Å²) in [5.74, 6) is 0.933. The van der Waals surface area contributed by atoms with E-state index in [1.807, 2.05) is 14.1 Å². The second-order valence-electron chi connectivity index (χ2n) is 7.55. The Balaban J connectivity index is 0.00000408. The Morgan fingerprint density at radius 3 is 2.32 bits per heavy atom. The van der Waals surface area contributed by atoms with Crippen LogP contribution in [0.4, 0.5) is 9.52 Å². The van der Waals surface area contributed by atoms with Crippen molar-refractivity contribution in [2.75, 3.05) is 53.4 Å². The predicted molar refractivity (Wildman–Crippen MR) is 137 cm³/mol. The molecule has 1 amide bonds. The zero-order valence-corrected chi connectivity index (χ0v) is 21.5. The van der Waals surface area contributed by atoms with Crippen LogP contribution in [0.3, 0.4) is 0 Å². The normalized spacial score (nSPS) is 11.0. The molecule has 7 nitrogen and oxygen atoms in total. The number of carbonyl (C=O) groups excluding carboxylic acids is 1.